The predicted octanol–water partition coefficient (Wildman–Crippen LogP) is 1.18. The number of rotatable bonds is 3. The number of aliphatic hydroxyl groups is 1. The zero-order chi connectivity index (χ0) is 8.20. The summed E-state index contributed by atoms with van der Waals surface area (Å²) >= 11 is 0. The fourth-order valence-corrected chi connectivity index (χ4v) is 0.629. The van der Waals surface area contributed by atoms with Gasteiger partial charge in [0.25, 0.3) is 0 Å². The molecule has 0 saturated carbocycles. The molecule has 0 amide bonds. The Morgan fingerprint density at radius 2 is 2.10 bits per heavy atom. The monoisotopic (exact) mass is 139 g/mol. The summed E-state index contributed by atoms with van der Waals surface area (Å²) in [7, 11) is 1.61. The molecule has 1 atom stereocenters. The van der Waals surface area contributed by atoms with Crippen molar-refractivity contribution in [1.29, 1.82) is 0 Å². The Morgan fingerprint density at radius 1 is 1.60 bits per heavy atom. The van der Waals surface area contributed by atoms with Gasteiger partial charge in [0.2, 0.25) is 0 Å². The van der Waals surface area contributed by atoms with Gasteiger partial charge >= 0.3 is 0 Å². The Labute approximate surface area is 61.6 Å². The van der Waals surface area contributed by atoms with Crippen molar-refractivity contribution in [3.05, 3.63) is 25.3 Å². The highest BCUT2D eigenvalue weighted by Gasteiger charge is 2.19. The molecule has 0 spiro atoms. The number of hydrogen-bond acceptors (Lipinski definition) is 2. The molecular weight excluding hydrogens is 126 g/mol. The van der Waals surface area contributed by atoms with Crippen molar-refractivity contribution >= 4 is 5.71 Å². The Morgan fingerprint density at radius 3 is 2.20 bits per heavy atom. The first kappa shape index (κ1) is 9.11. The van der Waals surface area contributed by atoms with Crippen molar-refractivity contribution in [3.8, 4) is 0 Å². The van der Waals surface area contributed by atoms with Gasteiger partial charge in [-0.2, -0.15) is 0 Å². The highest BCUT2D eigenvalue weighted by molar-refractivity contribution is 6.02. The van der Waals surface area contributed by atoms with Crippen molar-refractivity contribution in [3.63, 3.8) is 0 Å². The normalized spacial score (nSPS) is 17.7. The molecule has 0 aromatic heterocycles. The predicted molar refractivity (Wildman–Crippen MR) is 44.4 cm³/mol. The van der Waals surface area contributed by atoms with E-state index in [0.717, 1.165) is 0 Å². The van der Waals surface area contributed by atoms with E-state index in [4.69, 9.17) is 0 Å². The quantitative estimate of drug-likeness (QED) is 0.462. The van der Waals surface area contributed by atoms with E-state index in [-0.39, 0.29) is 0 Å². The van der Waals surface area contributed by atoms with Crippen LogP contribution in [0.3, 0.4) is 0 Å². The molecule has 0 fully saturated rings. The Hall–Kier alpha value is -0.890. The molecule has 10 heavy (non-hydrogen) atoms. The fourth-order valence-electron chi connectivity index (χ4n) is 0.629. The van der Waals surface area contributed by atoms with Crippen LogP contribution in [0.1, 0.15) is 6.92 Å². The maximum Gasteiger partial charge on any atom is 0.121 e. The van der Waals surface area contributed by atoms with Gasteiger partial charge < -0.3 is 5.11 Å². The average molecular weight is 139 g/mol. The number of nitrogens with zero attached hydrogens (tertiary/aromatic N) is 1. The van der Waals surface area contributed by atoms with Gasteiger partial charge in [-0.3, -0.25) is 4.99 Å². The first-order chi connectivity index (χ1) is 4.58. The van der Waals surface area contributed by atoms with Crippen molar-refractivity contribution in [2.75, 3.05) is 7.05 Å². The molecule has 0 aliphatic heterocycles. The van der Waals surface area contributed by atoms with Gasteiger partial charge in [-0.15, -0.1) is 0 Å². The van der Waals surface area contributed by atoms with E-state index >= 15 is 0 Å². The Kier molecular flexibility index (Phi) is 3.03. The molecular formula is C8H13NO. The summed E-state index contributed by atoms with van der Waals surface area (Å²) in [6.45, 7) is 8.59. The van der Waals surface area contributed by atoms with Crippen LogP contribution in [-0.4, -0.2) is 23.5 Å². The lowest BCUT2D eigenvalue weighted by Crippen LogP contribution is -2.30. The summed E-state index contributed by atoms with van der Waals surface area (Å²) in [4.78, 5) is 3.83. The van der Waals surface area contributed by atoms with Crippen molar-refractivity contribution in [2.24, 2.45) is 4.99 Å². The second kappa shape index (κ2) is 3.32. The molecule has 0 saturated heterocycles. The summed E-state index contributed by atoms with van der Waals surface area (Å²) in [5, 5.41) is 9.46. The van der Waals surface area contributed by atoms with Crippen LogP contribution >= 0.6 is 0 Å². The summed E-state index contributed by atoms with van der Waals surface area (Å²) in [5.74, 6) is 0. The maximum absolute atomic E-state index is 9.46. The number of hydrogen-bond donors (Lipinski definition) is 1. The fraction of sp³-hybridized carbons (Fsp3) is 0.375. The van der Waals surface area contributed by atoms with Crippen molar-refractivity contribution in [1.82, 2.24) is 0 Å². The molecule has 1 unspecified atom stereocenters. The minimum atomic E-state index is -1.05. The topological polar surface area (TPSA) is 32.6 Å². The van der Waals surface area contributed by atoms with Gasteiger partial charge in [-0.1, -0.05) is 19.2 Å². The van der Waals surface area contributed by atoms with Crippen LogP contribution in [0.2, 0.25) is 0 Å². The highest BCUT2D eigenvalue weighted by Crippen LogP contribution is 2.07. The smallest absolute Gasteiger partial charge is 0.121 e. The lowest BCUT2D eigenvalue weighted by molar-refractivity contribution is 0.185. The van der Waals surface area contributed by atoms with Gasteiger partial charge in [-0.05, 0) is 13.0 Å². The van der Waals surface area contributed by atoms with Gasteiger partial charge in [0.05, 0.1) is 5.71 Å². The van der Waals surface area contributed by atoms with Crippen LogP contribution in [0.25, 0.3) is 0 Å². The molecule has 0 rings (SSSR count). The SMILES string of the molecule is C=CC(=NC)C(C)(O)C=C. The van der Waals surface area contributed by atoms with Crippen LogP contribution < -0.4 is 0 Å². The summed E-state index contributed by atoms with van der Waals surface area (Å²) in [6.07, 6.45) is 2.94. The molecule has 0 aliphatic carbocycles. The van der Waals surface area contributed by atoms with Crippen LogP contribution in [0.5, 0.6) is 0 Å². The standard InChI is InChI=1S/C8H13NO/c1-5-7(9-4)8(3,10)6-2/h5-6,10H,1-2H2,3-4H3. The molecule has 0 aromatic carbocycles. The highest BCUT2D eigenvalue weighted by atomic mass is 16.3. The lowest BCUT2D eigenvalue weighted by atomic mass is 10.0. The van der Waals surface area contributed by atoms with Crippen LogP contribution in [-0.2, 0) is 0 Å². The first-order valence-electron chi connectivity index (χ1n) is 3.04. The zero-order valence-corrected chi connectivity index (χ0v) is 6.46. The third kappa shape index (κ3) is 1.81. The molecule has 1 N–H and O–H groups in total. The summed E-state index contributed by atoms with van der Waals surface area (Å²) < 4.78 is 0. The molecule has 0 heterocycles. The third-order valence-corrected chi connectivity index (χ3v) is 1.35. The molecule has 56 valence electrons. The van der Waals surface area contributed by atoms with E-state index in [0.29, 0.717) is 5.71 Å². The van der Waals surface area contributed by atoms with Crippen LogP contribution in [0.4, 0.5) is 0 Å². The van der Waals surface area contributed by atoms with Gasteiger partial charge in [0.15, 0.2) is 0 Å². The minimum absolute atomic E-state index is 0.530. The third-order valence-electron chi connectivity index (χ3n) is 1.35. The van der Waals surface area contributed by atoms with E-state index in [1.807, 2.05) is 0 Å². The summed E-state index contributed by atoms with van der Waals surface area (Å²) in [6, 6.07) is 0. The second-order valence-electron chi connectivity index (χ2n) is 2.16. The molecule has 0 bridgehead atoms. The largest absolute Gasteiger partial charge is 0.380 e. The zero-order valence-electron chi connectivity index (χ0n) is 6.46. The molecule has 0 aliphatic rings. The van der Waals surface area contributed by atoms with E-state index in [1.54, 1.807) is 14.0 Å². The van der Waals surface area contributed by atoms with Crippen molar-refractivity contribution < 1.29 is 5.11 Å². The van der Waals surface area contributed by atoms with E-state index < -0.39 is 5.60 Å². The second-order valence-corrected chi connectivity index (χ2v) is 2.16. The van der Waals surface area contributed by atoms with Gasteiger partial charge in [-0.25, -0.2) is 0 Å². The van der Waals surface area contributed by atoms with E-state index in [9.17, 15) is 5.11 Å². The van der Waals surface area contributed by atoms with E-state index in [1.165, 1.54) is 12.2 Å². The molecule has 0 aromatic rings. The molecule has 2 heteroatoms. The van der Waals surface area contributed by atoms with Crippen LogP contribution in [0.15, 0.2) is 30.3 Å². The average Bonchev–Trinajstić information content (AvgIpc) is 1.90. The van der Waals surface area contributed by atoms with Gasteiger partial charge in [0, 0.05) is 7.05 Å². The van der Waals surface area contributed by atoms with Gasteiger partial charge in [0.1, 0.15) is 5.60 Å². The maximum atomic E-state index is 9.46. The Balaban J connectivity index is 4.59. The number of aliphatic imine (C=N–C) groups is 1. The van der Waals surface area contributed by atoms with Crippen molar-refractivity contribution in [2.45, 2.75) is 12.5 Å². The molecule has 2 nitrogen and oxygen atoms in total. The summed E-state index contributed by atoms with van der Waals surface area (Å²) in [5.41, 5.74) is -0.515. The Bertz CT molecular complexity index is 168. The minimum Gasteiger partial charge on any atom is -0.380 e. The first-order valence-corrected chi connectivity index (χ1v) is 3.04. The van der Waals surface area contributed by atoms with E-state index in [2.05, 4.69) is 18.2 Å². The van der Waals surface area contributed by atoms with Crippen LogP contribution in [0, 0.1) is 0 Å². The lowest BCUT2D eigenvalue weighted by Gasteiger charge is -2.17. The molecule has 0 radical (unpaired) electrons.